The normalized spacial score (nSPS) is 13.9. The number of nitrogen functional groups attached to an aromatic ring is 1. The van der Waals surface area contributed by atoms with Gasteiger partial charge < -0.3 is 15.4 Å². The zero-order valence-electron chi connectivity index (χ0n) is 14.2. The van der Waals surface area contributed by atoms with Crippen LogP contribution in [0.25, 0.3) is 5.57 Å². The third-order valence-electron chi connectivity index (χ3n) is 4.27. The number of ether oxygens (including phenoxy) is 1. The van der Waals surface area contributed by atoms with Gasteiger partial charge in [-0.05, 0) is 35.8 Å². The van der Waals surface area contributed by atoms with Gasteiger partial charge in [0.2, 0.25) is 0 Å². The Morgan fingerprint density at radius 1 is 1.15 bits per heavy atom. The first kappa shape index (κ1) is 17.7. The summed E-state index contributed by atoms with van der Waals surface area (Å²) in [5.74, 6) is -1.56. The van der Waals surface area contributed by atoms with Crippen molar-refractivity contribution in [3.05, 3.63) is 71.6 Å². The number of rotatable bonds is 4. The molecule has 2 aromatic carbocycles. The third-order valence-corrected chi connectivity index (χ3v) is 4.27. The maximum atomic E-state index is 13.0. The van der Waals surface area contributed by atoms with E-state index < -0.39 is 11.8 Å². The molecule has 26 heavy (non-hydrogen) atoms. The molecule has 0 bridgehead atoms. The van der Waals surface area contributed by atoms with Crippen LogP contribution in [0.1, 0.15) is 22.3 Å². The van der Waals surface area contributed by atoms with E-state index in [1.54, 1.807) is 4.90 Å². The summed E-state index contributed by atoms with van der Waals surface area (Å²) in [6.45, 7) is 0.666. The number of anilines is 1. The van der Waals surface area contributed by atoms with Crippen molar-refractivity contribution < 1.29 is 18.7 Å². The maximum Gasteiger partial charge on any atom is 0.340 e. The SMILES string of the molecule is Nc1cc(F)ccc1C(=O)OCC(=O)N1CC=C(c2ccccc2)CC1. The Morgan fingerprint density at radius 3 is 2.58 bits per heavy atom. The Bertz CT molecular complexity index is 849. The van der Waals surface area contributed by atoms with Gasteiger partial charge in [-0.25, -0.2) is 9.18 Å². The molecule has 3 rings (SSSR count). The van der Waals surface area contributed by atoms with Crippen LogP contribution in [0, 0.1) is 5.82 Å². The Kier molecular flexibility index (Phi) is 5.31. The number of benzene rings is 2. The third kappa shape index (κ3) is 4.08. The van der Waals surface area contributed by atoms with Crippen molar-refractivity contribution in [2.45, 2.75) is 6.42 Å². The molecule has 0 unspecified atom stereocenters. The molecule has 1 amide bonds. The number of nitrogens with zero attached hydrogens (tertiary/aromatic N) is 1. The summed E-state index contributed by atoms with van der Waals surface area (Å²) in [4.78, 5) is 25.9. The van der Waals surface area contributed by atoms with Gasteiger partial charge in [-0.15, -0.1) is 0 Å². The lowest BCUT2D eigenvalue weighted by atomic mass is 10.00. The average Bonchev–Trinajstić information content (AvgIpc) is 2.66. The molecule has 0 aromatic heterocycles. The molecule has 0 saturated heterocycles. The van der Waals surface area contributed by atoms with E-state index in [4.69, 9.17) is 10.5 Å². The summed E-state index contributed by atoms with van der Waals surface area (Å²) in [5, 5.41) is 0. The van der Waals surface area contributed by atoms with Gasteiger partial charge in [0.15, 0.2) is 6.61 Å². The van der Waals surface area contributed by atoms with Crippen LogP contribution in [-0.2, 0) is 9.53 Å². The van der Waals surface area contributed by atoms with Gasteiger partial charge in [0, 0.05) is 18.8 Å². The van der Waals surface area contributed by atoms with E-state index >= 15 is 0 Å². The van der Waals surface area contributed by atoms with Crippen molar-refractivity contribution in [3.8, 4) is 0 Å². The van der Waals surface area contributed by atoms with Crippen molar-refractivity contribution in [3.63, 3.8) is 0 Å². The smallest absolute Gasteiger partial charge is 0.340 e. The molecule has 1 heterocycles. The van der Waals surface area contributed by atoms with Crippen molar-refractivity contribution in [1.82, 2.24) is 4.90 Å². The Hall–Kier alpha value is -3.15. The van der Waals surface area contributed by atoms with E-state index in [-0.39, 0.29) is 23.8 Å². The van der Waals surface area contributed by atoms with Crippen molar-refractivity contribution in [2.75, 3.05) is 25.4 Å². The monoisotopic (exact) mass is 354 g/mol. The predicted molar refractivity (Wildman–Crippen MR) is 96.7 cm³/mol. The quantitative estimate of drug-likeness (QED) is 0.677. The molecule has 0 radical (unpaired) electrons. The van der Waals surface area contributed by atoms with Crippen molar-refractivity contribution in [2.24, 2.45) is 0 Å². The van der Waals surface area contributed by atoms with E-state index in [9.17, 15) is 14.0 Å². The Labute approximate surface area is 150 Å². The van der Waals surface area contributed by atoms with Crippen LogP contribution < -0.4 is 5.73 Å². The van der Waals surface area contributed by atoms with E-state index in [2.05, 4.69) is 0 Å². The first-order valence-electron chi connectivity index (χ1n) is 8.29. The second-order valence-corrected chi connectivity index (χ2v) is 5.99. The van der Waals surface area contributed by atoms with Gasteiger partial charge in [-0.1, -0.05) is 36.4 Å². The van der Waals surface area contributed by atoms with Crippen LogP contribution in [0.5, 0.6) is 0 Å². The van der Waals surface area contributed by atoms with Crippen LogP contribution in [0.2, 0.25) is 0 Å². The number of carbonyl (C=O) groups excluding carboxylic acids is 2. The minimum absolute atomic E-state index is 0.0177. The molecule has 134 valence electrons. The number of nitrogens with two attached hydrogens (primary N) is 1. The summed E-state index contributed by atoms with van der Waals surface area (Å²) in [6.07, 6.45) is 2.76. The largest absolute Gasteiger partial charge is 0.452 e. The first-order chi connectivity index (χ1) is 12.5. The number of amides is 1. The highest BCUT2D eigenvalue weighted by Crippen LogP contribution is 2.22. The number of esters is 1. The molecule has 0 saturated carbocycles. The van der Waals surface area contributed by atoms with Gasteiger partial charge in [0.05, 0.1) is 5.56 Å². The number of carbonyl (C=O) groups is 2. The zero-order chi connectivity index (χ0) is 18.5. The standard InChI is InChI=1S/C20H19FN2O3/c21-16-6-7-17(18(22)12-16)20(25)26-13-19(24)23-10-8-15(9-11-23)14-4-2-1-3-5-14/h1-8,12H,9-11,13,22H2. The summed E-state index contributed by atoms with van der Waals surface area (Å²) < 4.78 is 18.0. The molecule has 0 spiro atoms. The van der Waals surface area contributed by atoms with Crippen LogP contribution in [0.15, 0.2) is 54.6 Å². The zero-order valence-corrected chi connectivity index (χ0v) is 14.2. The summed E-state index contributed by atoms with van der Waals surface area (Å²) >= 11 is 0. The topological polar surface area (TPSA) is 72.6 Å². The highest BCUT2D eigenvalue weighted by atomic mass is 19.1. The Morgan fingerprint density at radius 2 is 1.92 bits per heavy atom. The fourth-order valence-electron chi connectivity index (χ4n) is 2.83. The molecule has 0 atom stereocenters. The number of hydrogen-bond donors (Lipinski definition) is 1. The second-order valence-electron chi connectivity index (χ2n) is 5.99. The van der Waals surface area contributed by atoms with Crippen LogP contribution in [0.4, 0.5) is 10.1 Å². The van der Waals surface area contributed by atoms with Gasteiger partial charge in [0.25, 0.3) is 5.91 Å². The number of hydrogen-bond acceptors (Lipinski definition) is 4. The van der Waals surface area contributed by atoms with Crippen LogP contribution in [0.3, 0.4) is 0 Å². The number of halogens is 1. The second kappa shape index (κ2) is 7.82. The molecular weight excluding hydrogens is 335 g/mol. The van der Waals surface area contributed by atoms with E-state index in [0.717, 1.165) is 24.1 Å². The summed E-state index contributed by atoms with van der Waals surface area (Å²) in [7, 11) is 0. The summed E-state index contributed by atoms with van der Waals surface area (Å²) in [5.41, 5.74) is 7.98. The van der Waals surface area contributed by atoms with E-state index in [1.165, 1.54) is 11.6 Å². The first-order valence-corrected chi connectivity index (χ1v) is 8.29. The van der Waals surface area contributed by atoms with Crippen molar-refractivity contribution >= 4 is 23.1 Å². The Balaban J connectivity index is 1.54. The highest BCUT2D eigenvalue weighted by Gasteiger charge is 2.20. The summed E-state index contributed by atoms with van der Waals surface area (Å²) in [6, 6.07) is 13.4. The fraction of sp³-hybridized carbons (Fsp3) is 0.200. The van der Waals surface area contributed by atoms with Crippen LogP contribution >= 0.6 is 0 Å². The molecule has 1 aliphatic rings. The van der Waals surface area contributed by atoms with E-state index in [0.29, 0.717) is 13.1 Å². The lowest BCUT2D eigenvalue weighted by Gasteiger charge is -2.26. The lowest BCUT2D eigenvalue weighted by molar-refractivity contribution is -0.134. The lowest BCUT2D eigenvalue weighted by Crippen LogP contribution is -2.37. The van der Waals surface area contributed by atoms with Gasteiger partial charge in [-0.3, -0.25) is 4.79 Å². The minimum atomic E-state index is -0.742. The van der Waals surface area contributed by atoms with E-state index in [1.807, 2.05) is 36.4 Å². The molecule has 6 heteroatoms. The van der Waals surface area contributed by atoms with Gasteiger partial charge in [-0.2, -0.15) is 0 Å². The highest BCUT2D eigenvalue weighted by molar-refractivity contribution is 5.96. The minimum Gasteiger partial charge on any atom is -0.452 e. The van der Waals surface area contributed by atoms with Gasteiger partial charge in [0.1, 0.15) is 5.82 Å². The predicted octanol–water partition coefficient (Wildman–Crippen LogP) is 2.88. The maximum absolute atomic E-state index is 13.0. The average molecular weight is 354 g/mol. The molecule has 0 fully saturated rings. The van der Waals surface area contributed by atoms with Crippen molar-refractivity contribution in [1.29, 1.82) is 0 Å². The van der Waals surface area contributed by atoms with Crippen LogP contribution in [-0.4, -0.2) is 36.5 Å². The van der Waals surface area contributed by atoms with Gasteiger partial charge >= 0.3 is 5.97 Å². The molecule has 2 aromatic rings. The molecule has 2 N–H and O–H groups in total. The fourth-order valence-corrected chi connectivity index (χ4v) is 2.83. The molecule has 0 aliphatic carbocycles. The molecular formula is C20H19FN2O3. The molecule has 1 aliphatic heterocycles. The molecule has 5 nitrogen and oxygen atoms in total.